The highest BCUT2D eigenvalue weighted by atomic mass is 19.1. The molecule has 0 unspecified atom stereocenters. The quantitative estimate of drug-likeness (QED) is 0.798. The van der Waals surface area contributed by atoms with Crippen LogP contribution >= 0.6 is 0 Å². The van der Waals surface area contributed by atoms with Crippen molar-refractivity contribution < 1.29 is 4.39 Å². The Hall–Kier alpha value is -3.08. The highest BCUT2D eigenvalue weighted by Gasteiger charge is 2.17. The lowest BCUT2D eigenvalue weighted by atomic mass is 10.1. The number of allylic oxidation sites excluding steroid dienone is 1. The molecule has 0 spiro atoms. The molecule has 0 aliphatic heterocycles. The monoisotopic (exact) mass is 318 g/mol. The summed E-state index contributed by atoms with van der Waals surface area (Å²) in [4.78, 5) is 12.8. The van der Waals surface area contributed by atoms with Gasteiger partial charge in [0.15, 0.2) is 0 Å². The number of aromatic nitrogens is 3. The number of anilines is 1. The molecule has 0 amide bonds. The minimum Gasteiger partial charge on any atom is -0.373 e. The molecular formula is C19H15FN4. The van der Waals surface area contributed by atoms with E-state index in [0.29, 0.717) is 16.8 Å². The fourth-order valence-corrected chi connectivity index (χ4v) is 2.85. The van der Waals surface area contributed by atoms with Gasteiger partial charge < -0.3 is 5.32 Å². The van der Waals surface area contributed by atoms with Crippen molar-refractivity contribution in [2.75, 3.05) is 12.4 Å². The summed E-state index contributed by atoms with van der Waals surface area (Å²) in [5.41, 5.74) is 5.09. The molecule has 0 fully saturated rings. The maximum absolute atomic E-state index is 14.6. The molecule has 0 saturated carbocycles. The van der Waals surface area contributed by atoms with Gasteiger partial charge in [0.05, 0.1) is 5.69 Å². The van der Waals surface area contributed by atoms with Gasteiger partial charge in [-0.05, 0) is 41.0 Å². The molecule has 3 heterocycles. The number of pyridine rings is 3. The second-order valence-electron chi connectivity index (χ2n) is 5.65. The average Bonchev–Trinajstić information content (AvgIpc) is 3.06. The molecule has 24 heavy (non-hydrogen) atoms. The summed E-state index contributed by atoms with van der Waals surface area (Å²) in [5.74, 6) is 0.445. The molecule has 0 bridgehead atoms. The number of nitrogens with one attached hydrogen (secondary N) is 1. The first-order valence-corrected chi connectivity index (χ1v) is 7.68. The Balaban J connectivity index is 1.65. The standard InChI is InChI=1S/C19H15FN4/c1-21-19-3-2-13(10-24-19)16-11-23-18(8-17(16)20)14-6-12-4-5-22-9-15(12)7-14/h2-6,8-11H,7H2,1H3,(H,21,24). The minimum absolute atomic E-state index is 0.297. The van der Waals surface area contributed by atoms with Crippen LogP contribution < -0.4 is 5.32 Å². The third-order valence-corrected chi connectivity index (χ3v) is 4.17. The zero-order valence-electron chi connectivity index (χ0n) is 13.1. The van der Waals surface area contributed by atoms with Crippen molar-refractivity contribution in [3.8, 4) is 11.1 Å². The summed E-state index contributed by atoms with van der Waals surface area (Å²) in [6.45, 7) is 0. The number of hydrogen-bond acceptors (Lipinski definition) is 4. The van der Waals surface area contributed by atoms with Gasteiger partial charge >= 0.3 is 0 Å². The highest BCUT2D eigenvalue weighted by molar-refractivity contribution is 5.87. The van der Waals surface area contributed by atoms with Gasteiger partial charge in [-0.25, -0.2) is 9.37 Å². The van der Waals surface area contributed by atoms with Gasteiger partial charge in [0.1, 0.15) is 11.6 Å². The van der Waals surface area contributed by atoms with Crippen LogP contribution in [0.2, 0.25) is 0 Å². The zero-order valence-corrected chi connectivity index (χ0v) is 13.1. The molecule has 0 atom stereocenters. The Labute approximate surface area is 139 Å². The zero-order chi connectivity index (χ0) is 16.5. The van der Waals surface area contributed by atoms with E-state index in [1.165, 1.54) is 6.07 Å². The Morgan fingerprint density at radius 3 is 2.71 bits per heavy atom. The SMILES string of the molecule is CNc1ccc(-c2cnc(C3=Cc4ccncc4C3)cc2F)cn1. The summed E-state index contributed by atoms with van der Waals surface area (Å²) in [7, 11) is 1.79. The lowest BCUT2D eigenvalue weighted by molar-refractivity contribution is 0.628. The summed E-state index contributed by atoms with van der Waals surface area (Å²) in [5, 5.41) is 2.94. The van der Waals surface area contributed by atoms with Crippen molar-refractivity contribution in [1.82, 2.24) is 15.0 Å². The molecule has 118 valence electrons. The van der Waals surface area contributed by atoms with Crippen LogP contribution in [0, 0.1) is 5.82 Å². The third-order valence-electron chi connectivity index (χ3n) is 4.17. The van der Waals surface area contributed by atoms with Crippen molar-refractivity contribution in [3.63, 3.8) is 0 Å². The first kappa shape index (κ1) is 14.5. The Morgan fingerprint density at radius 2 is 2.00 bits per heavy atom. The van der Waals surface area contributed by atoms with Crippen LogP contribution in [-0.4, -0.2) is 22.0 Å². The predicted molar refractivity (Wildman–Crippen MR) is 92.8 cm³/mol. The van der Waals surface area contributed by atoms with Crippen LogP contribution in [0.1, 0.15) is 16.8 Å². The van der Waals surface area contributed by atoms with Crippen LogP contribution in [0.25, 0.3) is 22.8 Å². The van der Waals surface area contributed by atoms with Crippen LogP contribution in [0.15, 0.2) is 49.1 Å². The van der Waals surface area contributed by atoms with Gasteiger partial charge in [-0.15, -0.1) is 0 Å². The second kappa shape index (κ2) is 5.85. The molecule has 3 aromatic heterocycles. The topological polar surface area (TPSA) is 50.7 Å². The van der Waals surface area contributed by atoms with Crippen molar-refractivity contribution in [3.05, 3.63) is 71.7 Å². The van der Waals surface area contributed by atoms with Crippen LogP contribution in [0.4, 0.5) is 10.2 Å². The molecule has 0 radical (unpaired) electrons. The Kier molecular flexibility index (Phi) is 3.54. The second-order valence-corrected chi connectivity index (χ2v) is 5.65. The van der Waals surface area contributed by atoms with Crippen molar-refractivity contribution in [1.29, 1.82) is 0 Å². The van der Waals surface area contributed by atoms with Crippen molar-refractivity contribution in [2.45, 2.75) is 6.42 Å². The average molecular weight is 318 g/mol. The number of nitrogens with zero attached hydrogens (tertiary/aromatic N) is 3. The van der Waals surface area contributed by atoms with Gasteiger partial charge in [-0.3, -0.25) is 9.97 Å². The Bertz CT molecular complexity index is 932. The van der Waals surface area contributed by atoms with Gasteiger partial charge in [0, 0.05) is 55.4 Å². The fourth-order valence-electron chi connectivity index (χ4n) is 2.85. The molecule has 4 nitrogen and oxygen atoms in total. The molecule has 1 aliphatic rings. The van der Waals surface area contributed by atoms with E-state index in [2.05, 4.69) is 20.3 Å². The normalized spacial score (nSPS) is 12.7. The van der Waals surface area contributed by atoms with E-state index in [4.69, 9.17) is 0 Å². The van der Waals surface area contributed by atoms with E-state index in [1.54, 1.807) is 25.6 Å². The lowest BCUT2D eigenvalue weighted by Gasteiger charge is -2.07. The smallest absolute Gasteiger partial charge is 0.134 e. The van der Waals surface area contributed by atoms with E-state index in [0.717, 1.165) is 28.9 Å². The molecule has 5 heteroatoms. The van der Waals surface area contributed by atoms with E-state index in [-0.39, 0.29) is 5.82 Å². The molecule has 4 rings (SSSR count). The van der Waals surface area contributed by atoms with E-state index in [1.807, 2.05) is 30.5 Å². The maximum atomic E-state index is 14.6. The number of halogens is 1. The van der Waals surface area contributed by atoms with E-state index >= 15 is 0 Å². The van der Waals surface area contributed by atoms with Gasteiger partial charge in [-0.1, -0.05) is 0 Å². The largest absolute Gasteiger partial charge is 0.373 e. The summed E-state index contributed by atoms with van der Waals surface area (Å²) >= 11 is 0. The number of hydrogen-bond donors (Lipinski definition) is 1. The Morgan fingerprint density at radius 1 is 1.08 bits per heavy atom. The highest BCUT2D eigenvalue weighted by Crippen LogP contribution is 2.31. The van der Waals surface area contributed by atoms with Gasteiger partial charge in [0.25, 0.3) is 0 Å². The maximum Gasteiger partial charge on any atom is 0.134 e. The fraction of sp³-hybridized carbons (Fsp3) is 0.105. The van der Waals surface area contributed by atoms with E-state index < -0.39 is 0 Å². The third kappa shape index (κ3) is 2.54. The van der Waals surface area contributed by atoms with Crippen LogP contribution in [0.5, 0.6) is 0 Å². The van der Waals surface area contributed by atoms with Crippen molar-refractivity contribution in [2.24, 2.45) is 0 Å². The molecule has 1 aliphatic carbocycles. The lowest BCUT2D eigenvalue weighted by Crippen LogP contribution is -1.96. The summed E-state index contributed by atoms with van der Waals surface area (Å²) < 4.78 is 14.6. The number of fused-ring (bicyclic) bond motifs is 1. The molecular weight excluding hydrogens is 303 g/mol. The van der Waals surface area contributed by atoms with Crippen LogP contribution in [0.3, 0.4) is 0 Å². The first-order chi connectivity index (χ1) is 11.7. The summed E-state index contributed by atoms with van der Waals surface area (Å²) in [6.07, 6.45) is 9.59. The summed E-state index contributed by atoms with van der Waals surface area (Å²) in [6, 6.07) is 7.09. The van der Waals surface area contributed by atoms with Crippen molar-refractivity contribution >= 4 is 17.5 Å². The molecule has 1 N–H and O–H groups in total. The van der Waals surface area contributed by atoms with E-state index in [9.17, 15) is 4.39 Å². The minimum atomic E-state index is -0.297. The van der Waals surface area contributed by atoms with Crippen LogP contribution in [-0.2, 0) is 6.42 Å². The molecule has 3 aromatic rings. The predicted octanol–water partition coefficient (Wildman–Crippen LogP) is 3.82. The van der Waals surface area contributed by atoms with Gasteiger partial charge in [-0.2, -0.15) is 0 Å². The number of rotatable bonds is 3. The van der Waals surface area contributed by atoms with Gasteiger partial charge in [0.2, 0.25) is 0 Å². The molecule has 0 saturated heterocycles. The molecule has 0 aromatic carbocycles. The first-order valence-electron chi connectivity index (χ1n) is 7.68.